The average Bonchev–Trinajstić information content (AvgIpc) is 2.54. The van der Waals surface area contributed by atoms with Crippen LogP contribution in [-0.4, -0.2) is 10.1 Å². The molecule has 0 bridgehead atoms. The van der Waals surface area contributed by atoms with Gasteiger partial charge in [0.05, 0.1) is 21.7 Å². The average molecular weight is 211 g/mol. The molecule has 1 fully saturated rings. The second-order valence-electron chi connectivity index (χ2n) is 4.92. The Morgan fingerprint density at radius 1 is 1.57 bits per heavy atom. The number of thiazole rings is 1. The summed E-state index contributed by atoms with van der Waals surface area (Å²) in [5.41, 5.74) is 1.43. The molecular weight excluding hydrogens is 194 g/mol. The van der Waals surface area contributed by atoms with Gasteiger partial charge in [0.15, 0.2) is 0 Å². The van der Waals surface area contributed by atoms with Crippen molar-refractivity contribution in [3.63, 3.8) is 0 Å². The number of nitrogens with zero attached hydrogens (tertiary/aromatic N) is 1. The van der Waals surface area contributed by atoms with Crippen LogP contribution in [-0.2, 0) is 0 Å². The third-order valence-corrected chi connectivity index (χ3v) is 4.48. The number of hydrogen-bond acceptors (Lipinski definition) is 3. The van der Waals surface area contributed by atoms with Gasteiger partial charge >= 0.3 is 0 Å². The van der Waals surface area contributed by atoms with Gasteiger partial charge in [0.2, 0.25) is 0 Å². The molecule has 0 aromatic carbocycles. The molecule has 2 unspecified atom stereocenters. The van der Waals surface area contributed by atoms with E-state index in [1.54, 1.807) is 11.3 Å². The summed E-state index contributed by atoms with van der Waals surface area (Å²) in [6, 6.07) is 0. The van der Waals surface area contributed by atoms with Crippen LogP contribution in [0.2, 0.25) is 0 Å². The van der Waals surface area contributed by atoms with Gasteiger partial charge in [-0.25, -0.2) is 4.98 Å². The molecule has 3 heteroatoms. The van der Waals surface area contributed by atoms with E-state index in [1.807, 2.05) is 13.8 Å². The number of aliphatic hydroxyl groups is 1. The standard InChI is InChI=1S/C11H17NOS/c1-6-9(7(2)13)14-10(12-6)8-5-11(8,3)4/h7-8,13H,5H2,1-4H3. The molecule has 2 atom stereocenters. The van der Waals surface area contributed by atoms with Gasteiger partial charge in [-0.1, -0.05) is 13.8 Å². The molecule has 0 aliphatic heterocycles. The molecule has 2 rings (SSSR count). The van der Waals surface area contributed by atoms with E-state index in [4.69, 9.17) is 0 Å². The van der Waals surface area contributed by atoms with E-state index in [1.165, 1.54) is 11.4 Å². The molecule has 1 N–H and O–H groups in total. The molecule has 0 spiro atoms. The minimum Gasteiger partial charge on any atom is -0.388 e. The molecule has 78 valence electrons. The van der Waals surface area contributed by atoms with E-state index < -0.39 is 0 Å². The van der Waals surface area contributed by atoms with E-state index >= 15 is 0 Å². The van der Waals surface area contributed by atoms with Gasteiger partial charge in [-0.05, 0) is 25.7 Å². The molecule has 1 aliphatic carbocycles. The van der Waals surface area contributed by atoms with E-state index in [9.17, 15) is 5.11 Å². The summed E-state index contributed by atoms with van der Waals surface area (Å²) in [5.74, 6) is 0.624. The van der Waals surface area contributed by atoms with Crippen molar-refractivity contribution in [1.82, 2.24) is 4.98 Å². The first-order valence-corrected chi connectivity index (χ1v) is 5.89. The van der Waals surface area contributed by atoms with E-state index in [-0.39, 0.29) is 6.10 Å². The zero-order valence-corrected chi connectivity index (χ0v) is 9.98. The van der Waals surface area contributed by atoms with Crippen LogP contribution in [0.3, 0.4) is 0 Å². The Morgan fingerprint density at radius 2 is 2.14 bits per heavy atom. The van der Waals surface area contributed by atoms with Gasteiger partial charge in [0.25, 0.3) is 0 Å². The van der Waals surface area contributed by atoms with E-state index in [0.29, 0.717) is 11.3 Å². The smallest absolute Gasteiger partial charge is 0.0968 e. The lowest BCUT2D eigenvalue weighted by Gasteiger charge is -1.99. The van der Waals surface area contributed by atoms with Crippen LogP contribution in [0.1, 0.15) is 54.8 Å². The van der Waals surface area contributed by atoms with Crippen LogP contribution in [0.4, 0.5) is 0 Å². The highest BCUT2D eigenvalue weighted by Crippen LogP contribution is 2.59. The lowest BCUT2D eigenvalue weighted by Crippen LogP contribution is -1.89. The molecule has 1 aliphatic rings. The first kappa shape index (κ1) is 10.1. The molecule has 0 saturated heterocycles. The Labute approximate surface area is 89.0 Å². The fourth-order valence-electron chi connectivity index (χ4n) is 1.86. The maximum atomic E-state index is 9.52. The Kier molecular flexibility index (Phi) is 2.20. The van der Waals surface area contributed by atoms with Crippen molar-refractivity contribution in [3.05, 3.63) is 15.6 Å². The fraction of sp³-hybridized carbons (Fsp3) is 0.727. The lowest BCUT2D eigenvalue weighted by molar-refractivity contribution is 0.202. The predicted octanol–water partition coefficient (Wildman–Crippen LogP) is 3.02. The van der Waals surface area contributed by atoms with Crippen LogP contribution in [0, 0.1) is 12.3 Å². The summed E-state index contributed by atoms with van der Waals surface area (Å²) in [6.45, 7) is 8.34. The summed E-state index contributed by atoms with van der Waals surface area (Å²) >= 11 is 1.68. The second kappa shape index (κ2) is 3.04. The van der Waals surface area contributed by atoms with Gasteiger partial charge in [-0.3, -0.25) is 0 Å². The van der Waals surface area contributed by atoms with Crippen molar-refractivity contribution in [3.8, 4) is 0 Å². The fourth-order valence-corrected chi connectivity index (χ4v) is 3.17. The molecule has 1 aromatic rings. The summed E-state index contributed by atoms with van der Waals surface area (Å²) in [7, 11) is 0. The van der Waals surface area contributed by atoms with Crippen LogP contribution in [0.15, 0.2) is 0 Å². The highest BCUT2D eigenvalue weighted by atomic mass is 32.1. The van der Waals surface area contributed by atoms with Gasteiger partial charge in [-0.15, -0.1) is 11.3 Å². The summed E-state index contributed by atoms with van der Waals surface area (Å²) in [5, 5.41) is 10.7. The number of aliphatic hydroxyl groups excluding tert-OH is 1. The summed E-state index contributed by atoms with van der Waals surface area (Å²) in [4.78, 5) is 5.58. The Morgan fingerprint density at radius 3 is 2.50 bits per heavy atom. The molecule has 1 saturated carbocycles. The zero-order chi connectivity index (χ0) is 10.5. The highest BCUT2D eigenvalue weighted by molar-refractivity contribution is 7.12. The first-order valence-electron chi connectivity index (χ1n) is 5.07. The molecular formula is C11H17NOS. The first-order chi connectivity index (χ1) is 6.42. The van der Waals surface area contributed by atoms with Crippen molar-refractivity contribution in [2.75, 3.05) is 0 Å². The van der Waals surface area contributed by atoms with Crippen LogP contribution in [0.5, 0.6) is 0 Å². The van der Waals surface area contributed by atoms with Gasteiger partial charge in [0.1, 0.15) is 0 Å². The van der Waals surface area contributed by atoms with E-state index in [0.717, 1.165) is 10.6 Å². The molecule has 1 heterocycles. The second-order valence-corrected chi connectivity index (χ2v) is 5.99. The third kappa shape index (κ3) is 1.59. The monoisotopic (exact) mass is 211 g/mol. The largest absolute Gasteiger partial charge is 0.388 e. The summed E-state index contributed by atoms with van der Waals surface area (Å²) < 4.78 is 0. The van der Waals surface area contributed by atoms with Crippen molar-refractivity contribution in [2.45, 2.75) is 46.1 Å². The van der Waals surface area contributed by atoms with Crippen molar-refractivity contribution < 1.29 is 5.11 Å². The topological polar surface area (TPSA) is 33.1 Å². The van der Waals surface area contributed by atoms with Crippen LogP contribution < -0.4 is 0 Å². The van der Waals surface area contributed by atoms with E-state index in [2.05, 4.69) is 18.8 Å². The number of hydrogen-bond donors (Lipinski definition) is 1. The SMILES string of the molecule is Cc1nc(C2CC2(C)C)sc1C(C)O. The molecule has 1 aromatic heterocycles. The number of aromatic nitrogens is 1. The maximum Gasteiger partial charge on any atom is 0.0968 e. The van der Waals surface area contributed by atoms with Gasteiger partial charge in [0, 0.05) is 5.92 Å². The Hall–Kier alpha value is -0.410. The molecule has 14 heavy (non-hydrogen) atoms. The number of rotatable bonds is 2. The lowest BCUT2D eigenvalue weighted by atomic mass is 10.1. The van der Waals surface area contributed by atoms with Gasteiger partial charge < -0.3 is 5.11 Å². The van der Waals surface area contributed by atoms with Crippen LogP contribution in [0.25, 0.3) is 0 Å². The Balaban J connectivity index is 2.26. The quantitative estimate of drug-likeness (QED) is 0.815. The van der Waals surface area contributed by atoms with Gasteiger partial charge in [-0.2, -0.15) is 0 Å². The van der Waals surface area contributed by atoms with Crippen molar-refractivity contribution in [2.24, 2.45) is 5.41 Å². The Bertz CT molecular complexity index is 354. The zero-order valence-electron chi connectivity index (χ0n) is 9.16. The molecule has 0 radical (unpaired) electrons. The van der Waals surface area contributed by atoms with Crippen LogP contribution >= 0.6 is 11.3 Å². The molecule has 0 amide bonds. The molecule has 2 nitrogen and oxygen atoms in total. The minimum absolute atomic E-state index is 0.372. The van der Waals surface area contributed by atoms with Crippen molar-refractivity contribution >= 4 is 11.3 Å². The highest BCUT2D eigenvalue weighted by Gasteiger charge is 2.48. The summed E-state index contributed by atoms with van der Waals surface area (Å²) in [6.07, 6.45) is 0.863. The normalized spacial score (nSPS) is 26.2. The minimum atomic E-state index is -0.372. The number of aryl methyl sites for hydroxylation is 1. The predicted molar refractivity (Wildman–Crippen MR) is 58.6 cm³/mol. The van der Waals surface area contributed by atoms with Crippen molar-refractivity contribution in [1.29, 1.82) is 0 Å². The third-order valence-electron chi connectivity index (χ3n) is 3.04. The maximum absolute atomic E-state index is 9.52.